The Balaban J connectivity index is 1.89. The topological polar surface area (TPSA) is 12.0 Å². The molecule has 98 valence electrons. The van der Waals surface area contributed by atoms with Crippen LogP contribution in [0.25, 0.3) is 11.1 Å². The third kappa shape index (κ3) is 2.54. The minimum absolute atomic E-state index is 0.147. The molecule has 0 amide bonds. The first-order chi connectivity index (χ1) is 9.24. The zero-order valence-corrected chi connectivity index (χ0v) is 11.1. The van der Waals surface area contributed by atoms with E-state index in [0.717, 1.165) is 17.7 Å². The molecule has 1 N–H and O–H groups in total. The lowest BCUT2D eigenvalue weighted by molar-refractivity contribution is 0.630. The summed E-state index contributed by atoms with van der Waals surface area (Å²) in [4.78, 5) is 0. The van der Waals surface area contributed by atoms with Crippen molar-refractivity contribution in [1.29, 1.82) is 0 Å². The van der Waals surface area contributed by atoms with Crippen molar-refractivity contribution in [3.63, 3.8) is 0 Å². The van der Waals surface area contributed by atoms with Crippen molar-refractivity contribution in [3.05, 3.63) is 59.4 Å². The molecule has 0 saturated carbocycles. The van der Waals surface area contributed by atoms with Crippen LogP contribution in [0.4, 0.5) is 4.39 Å². The summed E-state index contributed by atoms with van der Waals surface area (Å²) in [6, 6.07) is 14.1. The Labute approximate surface area is 113 Å². The highest BCUT2D eigenvalue weighted by Gasteiger charge is 2.16. The van der Waals surface area contributed by atoms with Gasteiger partial charge in [0, 0.05) is 11.6 Å². The average molecular weight is 255 g/mol. The van der Waals surface area contributed by atoms with E-state index in [4.69, 9.17) is 0 Å². The molecule has 0 aromatic heterocycles. The molecule has 1 aliphatic rings. The summed E-state index contributed by atoms with van der Waals surface area (Å²) in [5.41, 5.74) is 3.87. The van der Waals surface area contributed by atoms with E-state index in [1.54, 1.807) is 6.07 Å². The predicted molar refractivity (Wildman–Crippen MR) is 76.6 cm³/mol. The van der Waals surface area contributed by atoms with Crippen LogP contribution in [-0.4, -0.2) is 6.54 Å². The molecule has 0 radical (unpaired) electrons. The summed E-state index contributed by atoms with van der Waals surface area (Å²) in [6.07, 6.45) is 2.43. The van der Waals surface area contributed by atoms with Crippen molar-refractivity contribution in [3.8, 4) is 11.1 Å². The van der Waals surface area contributed by atoms with Gasteiger partial charge in [-0.2, -0.15) is 0 Å². The number of rotatable bonds is 2. The van der Waals surface area contributed by atoms with Crippen molar-refractivity contribution in [1.82, 2.24) is 5.32 Å². The fourth-order valence-corrected chi connectivity index (χ4v) is 2.72. The van der Waals surface area contributed by atoms with Crippen LogP contribution in [0.5, 0.6) is 0 Å². The average Bonchev–Trinajstić information content (AvgIpc) is 2.93. The lowest BCUT2D eigenvalue weighted by atomic mass is 9.99. The Bertz CT molecular complexity index is 568. The van der Waals surface area contributed by atoms with Crippen molar-refractivity contribution in [2.75, 3.05) is 6.54 Å². The van der Waals surface area contributed by atoms with Crippen LogP contribution < -0.4 is 5.32 Å². The Morgan fingerprint density at radius 1 is 1.11 bits per heavy atom. The third-order valence-electron chi connectivity index (χ3n) is 3.81. The van der Waals surface area contributed by atoms with Crippen LogP contribution in [0.1, 0.15) is 30.0 Å². The van der Waals surface area contributed by atoms with Gasteiger partial charge in [0.05, 0.1) is 0 Å². The predicted octanol–water partition coefficient (Wildman–Crippen LogP) is 4.23. The van der Waals surface area contributed by atoms with E-state index >= 15 is 0 Å². The monoisotopic (exact) mass is 255 g/mol. The molecule has 1 nitrogen and oxygen atoms in total. The van der Waals surface area contributed by atoms with Crippen LogP contribution in [0.15, 0.2) is 42.5 Å². The lowest BCUT2D eigenvalue weighted by Crippen LogP contribution is -2.12. The highest BCUT2D eigenvalue weighted by Crippen LogP contribution is 2.27. The van der Waals surface area contributed by atoms with Crippen LogP contribution in [0.2, 0.25) is 0 Å². The van der Waals surface area contributed by atoms with Gasteiger partial charge in [0.15, 0.2) is 0 Å². The highest BCUT2D eigenvalue weighted by atomic mass is 19.1. The van der Waals surface area contributed by atoms with Crippen molar-refractivity contribution >= 4 is 0 Å². The van der Waals surface area contributed by atoms with E-state index in [2.05, 4.69) is 17.4 Å². The summed E-state index contributed by atoms with van der Waals surface area (Å²) in [7, 11) is 0. The van der Waals surface area contributed by atoms with E-state index in [0.29, 0.717) is 11.6 Å². The van der Waals surface area contributed by atoms with Gasteiger partial charge < -0.3 is 5.32 Å². The molecule has 0 bridgehead atoms. The summed E-state index contributed by atoms with van der Waals surface area (Å²) in [5, 5.41) is 3.48. The van der Waals surface area contributed by atoms with Gasteiger partial charge in [-0.05, 0) is 49.1 Å². The molecule has 1 heterocycles. The van der Waals surface area contributed by atoms with E-state index in [1.807, 2.05) is 31.2 Å². The van der Waals surface area contributed by atoms with E-state index in [1.165, 1.54) is 18.4 Å². The fourth-order valence-electron chi connectivity index (χ4n) is 2.72. The molecule has 1 aliphatic heterocycles. The second-order valence-electron chi connectivity index (χ2n) is 5.25. The molecule has 19 heavy (non-hydrogen) atoms. The lowest BCUT2D eigenvalue weighted by Gasteiger charge is -2.11. The number of aryl methyl sites for hydroxylation is 1. The standard InChI is InChI=1S/C17H18FN/c1-12-4-9-15(16(18)11-12)13-5-7-14(8-6-13)17-3-2-10-19-17/h4-9,11,17,19H,2-3,10H2,1H3. The van der Waals surface area contributed by atoms with Gasteiger partial charge in [0.1, 0.15) is 5.82 Å². The Kier molecular flexibility index (Phi) is 3.34. The van der Waals surface area contributed by atoms with Gasteiger partial charge in [-0.25, -0.2) is 4.39 Å². The summed E-state index contributed by atoms with van der Waals surface area (Å²) in [5.74, 6) is -0.147. The first kappa shape index (κ1) is 12.4. The SMILES string of the molecule is Cc1ccc(-c2ccc(C3CCCN3)cc2)c(F)c1. The second kappa shape index (κ2) is 5.14. The quantitative estimate of drug-likeness (QED) is 0.847. The zero-order valence-electron chi connectivity index (χ0n) is 11.1. The molecular weight excluding hydrogens is 237 g/mol. The van der Waals surface area contributed by atoms with Gasteiger partial charge in [-0.1, -0.05) is 36.4 Å². The number of hydrogen-bond acceptors (Lipinski definition) is 1. The molecule has 1 saturated heterocycles. The summed E-state index contributed by atoms with van der Waals surface area (Å²) < 4.78 is 13.9. The molecule has 0 aliphatic carbocycles. The zero-order chi connectivity index (χ0) is 13.2. The van der Waals surface area contributed by atoms with Crippen molar-refractivity contribution in [2.45, 2.75) is 25.8 Å². The van der Waals surface area contributed by atoms with Gasteiger partial charge in [-0.15, -0.1) is 0 Å². The van der Waals surface area contributed by atoms with Crippen LogP contribution in [0, 0.1) is 12.7 Å². The van der Waals surface area contributed by atoms with Crippen molar-refractivity contribution < 1.29 is 4.39 Å². The van der Waals surface area contributed by atoms with E-state index in [9.17, 15) is 4.39 Å². The summed E-state index contributed by atoms with van der Waals surface area (Å²) in [6.45, 7) is 3.00. The normalized spacial score (nSPS) is 18.7. The molecule has 3 rings (SSSR count). The Hall–Kier alpha value is -1.67. The highest BCUT2D eigenvalue weighted by molar-refractivity contribution is 5.64. The molecule has 2 heteroatoms. The number of hydrogen-bond donors (Lipinski definition) is 1. The van der Waals surface area contributed by atoms with Gasteiger partial charge in [0.25, 0.3) is 0 Å². The molecule has 2 aromatic rings. The maximum Gasteiger partial charge on any atom is 0.131 e. The summed E-state index contributed by atoms with van der Waals surface area (Å²) >= 11 is 0. The molecule has 1 atom stereocenters. The minimum atomic E-state index is -0.147. The van der Waals surface area contributed by atoms with Gasteiger partial charge in [-0.3, -0.25) is 0 Å². The van der Waals surface area contributed by atoms with Crippen LogP contribution in [0.3, 0.4) is 0 Å². The fraction of sp³-hybridized carbons (Fsp3) is 0.294. The molecular formula is C17H18FN. The third-order valence-corrected chi connectivity index (χ3v) is 3.81. The number of benzene rings is 2. The Morgan fingerprint density at radius 3 is 2.53 bits per heavy atom. The second-order valence-corrected chi connectivity index (χ2v) is 5.25. The van der Waals surface area contributed by atoms with Crippen LogP contribution >= 0.6 is 0 Å². The minimum Gasteiger partial charge on any atom is -0.310 e. The molecule has 0 spiro atoms. The van der Waals surface area contributed by atoms with Gasteiger partial charge in [0.2, 0.25) is 0 Å². The largest absolute Gasteiger partial charge is 0.310 e. The van der Waals surface area contributed by atoms with Crippen LogP contribution in [-0.2, 0) is 0 Å². The maximum atomic E-state index is 13.9. The Morgan fingerprint density at radius 2 is 1.89 bits per heavy atom. The van der Waals surface area contributed by atoms with E-state index in [-0.39, 0.29) is 5.82 Å². The number of halogens is 1. The molecule has 2 aromatic carbocycles. The van der Waals surface area contributed by atoms with Gasteiger partial charge >= 0.3 is 0 Å². The number of nitrogens with one attached hydrogen (secondary N) is 1. The first-order valence-corrected chi connectivity index (χ1v) is 6.84. The molecule has 1 fully saturated rings. The maximum absolute atomic E-state index is 13.9. The van der Waals surface area contributed by atoms with E-state index < -0.39 is 0 Å². The van der Waals surface area contributed by atoms with Crippen molar-refractivity contribution in [2.24, 2.45) is 0 Å². The first-order valence-electron chi connectivity index (χ1n) is 6.84. The molecule has 1 unspecified atom stereocenters. The smallest absolute Gasteiger partial charge is 0.131 e.